The number of thiophene rings is 2. The summed E-state index contributed by atoms with van der Waals surface area (Å²) in [6.07, 6.45) is -0.226. The van der Waals surface area contributed by atoms with Crippen molar-refractivity contribution in [1.82, 2.24) is 0 Å². The minimum Gasteiger partial charge on any atom is -0.383 e. The summed E-state index contributed by atoms with van der Waals surface area (Å²) < 4.78 is 2.42. The number of nitrogens with one attached hydrogen (secondary N) is 1. The molecule has 20 heavy (non-hydrogen) atoms. The van der Waals surface area contributed by atoms with Gasteiger partial charge >= 0.3 is 0 Å². The normalized spacial score (nSPS) is 15.3. The number of fused-ring (bicyclic) bond motifs is 2. The Labute approximate surface area is 123 Å². The monoisotopic (exact) mass is 301 g/mol. The molecule has 1 aliphatic rings. The summed E-state index contributed by atoms with van der Waals surface area (Å²) >= 11 is 3.30. The van der Waals surface area contributed by atoms with Crippen LogP contribution in [0.2, 0.25) is 0 Å². The molecule has 1 unspecified atom stereocenters. The first kappa shape index (κ1) is 12.1. The van der Waals surface area contributed by atoms with E-state index in [1.807, 2.05) is 24.3 Å². The van der Waals surface area contributed by atoms with Gasteiger partial charge in [0.15, 0.2) is 0 Å². The van der Waals surface area contributed by atoms with Crippen LogP contribution in [0.4, 0.5) is 5.69 Å². The fourth-order valence-electron chi connectivity index (χ4n) is 2.50. The zero-order chi connectivity index (χ0) is 13.7. The Balaban J connectivity index is 1.72. The van der Waals surface area contributed by atoms with Crippen LogP contribution in [0.1, 0.15) is 22.1 Å². The number of rotatable bonds is 2. The SMILES string of the molecule is O=C1Cc2cc(C(O)c3cc4sccc4s3)ccc2N1. The number of aliphatic hydroxyl groups excluding tert-OH is 1. The first-order valence-electron chi connectivity index (χ1n) is 6.28. The highest BCUT2D eigenvalue weighted by atomic mass is 32.1. The van der Waals surface area contributed by atoms with Crippen molar-refractivity contribution in [2.45, 2.75) is 12.5 Å². The molecule has 5 heteroatoms. The van der Waals surface area contributed by atoms with Gasteiger partial charge in [-0.3, -0.25) is 4.79 Å². The molecule has 0 fully saturated rings. The molecule has 3 heterocycles. The van der Waals surface area contributed by atoms with Gasteiger partial charge in [-0.25, -0.2) is 0 Å². The highest BCUT2D eigenvalue weighted by Gasteiger charge is 2.20. The molecule has 100 valence electrons. The highest BCUT2D eigenvalue weighted by molar-refractivity contribution is 7.26. The number of hydrogen-bond donors (Lipinski definition) is 2. The lowest BCUT2D eigenvalue weighted by molar-refractivity contribution is -0.115. The predicted octanol–water partition coefficient (Wildman–Crippen LogP) is 3.54. The zero-order valence-corrected chi connectivity index (χ0v) is 12.1. The summed E-state index contributed by atoms with van der Waals surface area (Å²) in [4.78, 5) is 12.3. The summed E-state index contributed by atoms with van der Waals surface area (Å²) in [6.45, 7) is 0. The molecule has 0 bridgehead atoms. The summed E-state index contributed by atoms with van der Waals surface area (Å²) in [5, 5.41) is 15.4. The molecule has 0 aliphatic carbocycles. The van der Waals surface area contributed by atoms with Crippen LogP contribution >= 0.6 is 22.7 Å². The van der Waals surface area contributed by atoms with Crippen LogP contribution in [0.3, 0.4) is 0 Å². The third-order valence-electron chi connectivity index (χ3n) is 3.50. The second kappa shape index (κ2) is 4.41. The van der Waals surface area contributed by atoms with Crippen LogP contribution < -0.4 is 5.32 Å². The fraction of sp³-hybridized carbons (Fsp3) is 0.133. The average molecular weight is 301 g/mol. The van der Waals surface area contributed by atoms with Gasteiger partial charge in [0.1, 0.15) is 6.10 Å². The molecule has 4 rings (SSSR count). The van der Waals surface area contributed by atoms with Crippen molar-refractivity contribution in [1.29, 1.82) is 0 Å². The van der Waals surface area contributed by atoms with Gasteiger partial charge in [0.2, 0.25) is 5.91 Å². The quantitative estimate of drug-likeness (QED) is 0.760. The van der Waals surface area contributed by atoms with Crippen LogP contribution in [0.5, 0.6) is 0 Å². The van der Waals surface area contributed by atoms with E-state index in [2.05, 4.69) is 16.8 Å². The summed E-state index contributed by atoms with van der Waals surface area (Å²) in [5.41, 5.74) is 2.66. The Hall–Kier alpha value is -1.69. The van der Waals surface area contributed by atoms with E-state index in [1.54, 1.807) is 22.7 Å². The molecule has 3 aromatic rings. The Morgan fingerprint density at radius 2 is 2.10 bits per heavy atom. The number of hydrogen-bond acceptors (Lipinski definition) is 4. The Bertz CT molecular complexity index is 790. The molecule has 0 saturated heterocycles. The molecular formula is C15H11NO2S2. The smallest absolute Gasteiger partial charge is 0.228 e. The molecule has 2 N–H and O–H groups in total. The second-order valence-corrected chi connectivity index (χ2v) is 6.90. The molecule has 2 aromatic heterocycles. The van der Waals surface area contributed by atoms with Crippen LogP contribution in [0.15, 0.2) is 35.7 Å². The minimum atomic E-state index is -0.624. The summed E-state index contributed by atoms with van der Waals surface area (Å²) in [6, 6.07) is 9.79. The van der Waals surface area contributed by atoms with E-state index in [1.165, 1.54) is 9.40 Å². The maximum Gasteiger partial charge on any atom is 0.228 e. The lowest BCUT2D eigenvalue weighted by Crippen LogP contribution is -2.03. The maximum absolute atomic E-state index is 11.4. The van der Waals surface area contributed by atoms with Crippen molar-refractivity contribution < 1.29 is 9.90 Å². The summed E-state index contributed by atoms with van der Waals surface area (Å²) in [7, 11) is 0. The largest absolute Gasteiger partial charge is 0.383 e. The molecule has 1 amide bonds. The van der Waals surface area contributed by atoms with Crippen molar-refractivity contribution in [2.75, 3.05) is 5.32 Å². The second-order valence-electron chi connectivity index (χ2n) is 4.84. The topological polar surface area (TPSA) is 49.3 Å². The number of anilines is 1. The predicted molar refractivity (Wildman–Crippen MR) is 82.5 cm³/mol. The number of aliphatic hydroxyl groups is 1. The Morgan fingerprint density at radius 1 is 1.20 bits per heavy atom. The van der Waals surface area contributed by atoms with E-state index in [0.717, 1.165) is 21.7 Å². The fourth-order valence-corrected chi connectivity index (χ4v) is 4.64. The van der Waals surface area contributed by atoms with Crippen LogP contribution in [-0.4, -0.2) is 11.0 Å². The Kier molecular flexibility index (Phi) is 2.66. The molecule has 3 nitrogen and oxygen atoms in total. The van der Waals surface area contributed by atoms with Gasteiger partial charge in [0.05, 0.1) is 6.42 Å². The van der Waals surface area contributed by atoms with E-state index >= 15 is 0 Å². The van der Waals surface area contributed by atoms with E-state index in [-0.39, 0.29) is 5.91 Å². The van der Waals surface area contributed by atoms with Crippen molar-refractivity contribution in [3.8, 4) is 0 Å². The van der Waals surface area contributed by atoms with Crippen LogP contribution in [0.25, 0.3) is 9.40 Å². The van der Waals surface area contributed by atoms with Gasteiger partial charge in [-0.15, -0.1) is 22.7 Å². The van der Waals surface area contributed by atoms with Crippen molar-refractivity contribution in [3.05, 3.63) is 51.7 Å². The highest BCUT2D eigenvalue weighted by Crippen LogP contribution is 2.37. The standard InChI is InChI=1S/C15H11NO2S2/c17-14-6-9-5-8(1-2-10(9)16-14)15(18)13-7-12-11(20-13)3-4-19-12/h1-5,7,15,18H,6H2,(H,16,17). The van der Waals surface area contributed by atoms with E-state index < -0.39 is 6.10 Å². The molecule has 0 spiro atoms. The van der Waals surface area contributed by atoms with E-state index in [4.69, 9.17) is 0 Å². The minimum absolute atomic E-state index is 0.0169. The number of benzene rings is 1. The zero-order valence-electron chi connectivity index (χ0n) is 10.4. The molecule has 1 aromatic carbocycles. The van der Waals surface area contributed by atoms with Crippen molar-refractivity contribution in [2.24, 2.45) is 0 Å². The lowest BCUT2D eigenvalue weighted by Gasteiger charge is -2.10. The van der Waals surface area contributed by atoms with E-state index in [0.29, 0.717) is 6.42 Å². The first-order valence-corrected chi connectivity index (χ1v) is 7.98. The number of carbonyl (C=O) groups excluding carboxylic acids is 1. The van der Waals surface area contributed by atoms with Gasteiger partial charge in [-0.2, -0.15) is 0 Å². The number of carbonyl (C=O) groups is 1. The number of amides is 1. The van der Waals surface area contributed by atoms with Gasteiger partial charge in [0.25, 0.3) is 0 Å². The van der Waals surface area contributed by atoms with Crippen LogP contribution in [0, 0.1) is 0 Å². The van der Waals surface area contributed by atoms with Gasteiger partial charge in [-0.05, 0) is 34.7 Å². The first-order chi connectivity index (χ1) is 9.70. The van der Waals surface area contributed by atoms with E-state index in [9.17, 15) is 9.90 Å². The third kappa shape index (κ3) is 1.86. The molecule has 1 atom stereocenters. The van der Waals surface area contributed by atoms with Gasteiger partial charge in [-0.1, -0.05) is 12.1 Å². The Morgan fingerprint density at radius 3 is 2.95 bits per heavy atom. The van der Waals surface area contributed by atoms with Crippen molar-refractivity contribution >= 4 is 43.7 Å². The molecular weight excluding hydrogens is 290 g/mol. The molecule has 0 radical (unpaired) electrons. The average Bonchev–Trinajstić information content (AvgIpc) is 3.08. The maximum atomic E-state index is 11.4. The van der Waals surface area contributed by atoms with Crippen LogP contribution in [-0.2, 0) is 11.2 Å². The third-order valence-corrected chi connectivity index (χ3v) is 5.64. The van der Waals surface area contributed by atoms with Gasteiger partial charge in [0, 0.05) is 20.0 Å². The lowest BCUT2D eigenvalue weighted by atomic mass is 10.0. The molecule has 1 aliphatic heterocycles. The summed E-state index contributed by atoms with van der Waals surface area (Å²) in [5.74, 6) is 0.0169. The molecule has 0 saturated carbocycles. The van der Waals surface area contributed by atoms with Crippen molar-refractivity contribution in [3.63, 3.8) is 0 Å². The van der Waals surface area contributed by atoms with Gasteiger partial charge < -0.3 is 10.4 Å².